The van der Waals surface area contributed by atoms with Gasteiger partial charge in [-0.2, -0.15) is 0 Å². The molecule has 1 aromatic rings. The van der Waals surface area contributed by atoms with Gasteiger partial charge < -0.3 is 5.11 Å². The van der Waals surface area contributed by atoms with Crippen LogP contribution >= 0.6 is 11.3 Å². The number of hydrogen-bond donors (Lipinski definition) is 1. The van der Waals surface area contributed by atoms with Gasteiger partial charge in [0.1, 0.15) is 0 Å². The summed E-state index contributed by atoms with van der Waals surface area (Å²) in [5, 5.41) is 12.2. The number of aliphatic hydroxyl groups is 1. The molecule has 0 aliphatic carbocycles. The van der Waals surface area contributed by atoms with E-state index in [4.69, 9.17) is 5.11 Å². The van der Waals surface area contributed by atoms with Crippen molar-refractivity contribution in [2.24, 2.45) is 5.92 Å². The van der Waals surface area contributed by atoms with E-state index in [1.165, 1.54) is 0 Å². The summed E-state index contributed by atoms with van der Waals surface area (Å²) in [5.41, 5.74) is 1.29. The Morgan fingerprint density at radius 3 is 2.57 bits per heavy atom. The predicted octanol–water partition coefficient (Wildman–Crippen LogP) is 2.61. The van der Waals surface area contributed by atoms with Crippen molar-refractivity contribution in [3.05, 3.63) is 16.1 Å². The summed E-state index contributed by atoms with van der Waals surface area (Å²) >= 11 is 1.70. The highest BCUT2D eigenvalue weighted by atomic mass is 32.1. The molecule has 1 heterocycles. The molecule has 0 saturated heterocycles. The largest absolute Gasteiger partial charge is 0.396 e. The second-order valence-electron chi connectivity index (χ2n) is 4.87. The van der Waals surface area contributed by atoms with Gasteiger partial charge in [-0.1, -0.05) is 27.7 Å². The molecule has 1 atom stereocenters. The van der Waals surface area contributed by atoms with Crippen LogP contribution in [0.5, 0.6) is 0 Å². The van der Waals surface area contributed by atoms with Gasteiger partial charge in [0, 0.05) is 23.8 Å². The number of aromatic nitrogens is 1. The fourth-order valence-electron chi connectivity index (χ4n) is 1.11. The minimum absolute atomic E-state index is 0.136. The van der Waals surface area contributed by atoms with Crippen molar-refractivity contribution in [1.29, 1.82) is 0 Å². The quantitative estimate of drug-likeness (QED) is 0.837. The summed E-state index contributed by atoms with van der Waals surface area (Å²) < 4.78 is 0. The highest BCUT2D eigenvalue weighted by Gasteiger charge is 2.17. The monoisotopic (exact) mass is 213 g/mol. The number of nitrogens with zero attached hydrogens (tertiary/aromatic N) is 1. The van der Waals surface area contributed by atoms with Crippen molar-refractivity contribution < 1.29 is 5.11 Å². The number of aliphatic hydroxyl groups excluding tert-OH is 1. The summed E-state index contributed by atoms with van der Waals surface area (Å²) in [6, 6.07) is 0. The molecule has 0 radical (unpaired) electrons. The van der Waals surface area contributed by atoms with Gasteiger partial charge in [0.05, 0.1) is 10.7 Å². The lowest BCUT2D eigenvalue weighted by Crippen LogP contribution is -2.12. The van der Waals surface area contributed by atoms with E-state index >= 15 is 0 Å². The first-order valence-electron chi connectivity index (χ1n) is 4.99. The van der Waals surface area contributed by atoms with Gasteiger partial charge in [-0.15, -0.1) is 11.3 Å². The third-order valence-electron chi connectivity index (χ3n) is 2.15. The van der Waals surface area contributed by atoms with E-state index < -0.39 is 0 Å². The molecule has 2 nitrogen and oxygen atoms in total. The second-order valence-corrected chi connectivity index (χ2v) is 5.81. The van der Waals surface area contributed by atoms with Crippen LogP contribution in [0.2, 0.25) is 0 Å². The minimum atomic E-state index is 0.136. The Labute approximate surface area is 90.0 Å². The van der Waals surface area contributed by atoms with Crippen LogP contribution in [0.25, 0.3) is 0 Å². The van der Waals surface area contributed by atoms with Gasteiger partial charge in [-0.05, 0) is 5.92 Å². The Bertz CT molecular complexity index is 288. The summed E-state index contributed by atoms with van der Waals surface area (Å²) in [7, 11) is 0. The van der Waals surface area contributed by atoms with Gasteiger partial charge in [0.25, 0.3) is 0 Å². The summed E-state index contributed by atoms with van der Waals surface area (Å²) in [4.78, 5) is 4.58. The lowest BCUT2D eigenvalue weighted by Gasteiger charge is -2.14. The first-order chi connectivity index (χ1) is 6.43. The van der Waals surface area contributed by atoms with E-state index in [9.17, 15) is 0 Å². The Kier molecular flexibility index (Phi) is 3.67. The standard InChI is InChI=1S/C11H19NOS/c1-8(6-13)5-10-12-9(7-14-10)11(2,3)4/h7-8,13H,5-6H2,1-4H3. The molecule has 0 aliphatic rings. The van der Waals surface area contributed by atoms with Gasteiger partial charge >= 0.3 is 0 Å². The van der Waals surface area contributed by atoms with Crippen LogP contribution < -0.4 is 0 Å². The Morgan fingerprint density at radius 2 is 2.14 bits per heavy atom. The molecule has 0 amide bonds. The molecule has 0 aliphatic heterocycles. The Hall–Kier alpha value is -0.410. The van der Waals surface area contributed by atoms with Gasteiger partial charge in [0.2, 0.25) is 0 Å². The first-order valence-corrected chi connectivity index (χ1v) is 5.87. The smallest absolute Gasteiger partial charge is 0.0932 e. The van der Waals surface area contributed by atoms with Gasteiger partial charge in [0.15, 0.2) is 0 Å². The van der Waals surface area contributed by atoms with Crippen molar-refractivity contribution in [2.75, 3.05) is 6.61 Å². The summed E-state index contributed by atoms with van der Waals surface area (Å²) in [6.07, 6.45) is 0.886. The van der Waals surface area contributed by atoms with E-state index in [0.29, 0.717) is 5.92 Å². The van der Waals surface area contributed by atoms with Crippen LogP contribution in [-0.2, 0) is 11.8 Å². The maximum atomic E-state index is 8.94. The lowest BCUT2D eigenvalue weighted by atomic mass is 9.93. The zero-order valence-corrected chi connectivity index (χ0v) is 10.2. The van der Waals surface area contributed by atoms with Crippen molar-refractivity contribution >= 4 is 11.3 Å². The van der Waals surface area contributed by atoms with Crippen molar-refractivity contribution in [3.63, 3.8) is 0 Å². The molecule has 1 unspecified atom stereocenters. The molecule has 80 valence electrons. The zero-order chi connectivity index (χ0) is 10.8. The number of hydrogen-bond acceptors (Lipinski definition) is 3. The van der Waals surface area contributed by atoms with Crippen LogP contribution in [-0.4, -0.2) is 16.7 Å². The second kappa shape index (κ2) is 4.41. The number of rotatable bonds is 3. The maximum Gasteiger partial charge on any atom is 0.0932 e. The predicted molar refractivity (Wildman–Crippen MR) is 60.8 cm³/mol. The van der Waals surface area contributed by atoms with Crippen molar-refractivity contribution in [2.45, 2.75) is 39.5 Å². The van der Waals surface area contributed by atoms with E-state index in [-0.39, 0.29) is 12.0 Å². The van der Waals surface area contributed by atoms with Crippen LogP contribution in [0.3, 0.4) is 0 Å². The maximum absolute atomic E-state index is 8.94. The summed E-state index contributed by atoms with van der Waals surface area (Å²) in [6.45, 7) is 8.78. The molecule has 0 fully saturated rings. The molecular weight excluding hydrogens is 194 g/mol. The Morgan fingerprint density at radius 1 is 1.50 bits per heavy atom. The van der Waals surface area contributed by atoms with E-state index in [1.54, 1.807) is 11.3 Å². The average Bonchev–Trinajstić information content (AvgIpc) is 2.51. The van der Waals surface area contributed by atoms with E-state index in [0.717, 1.165) is 17.1 Å². The summed E-state index contributed by atoms with van der Waals surface area (Å²) in [5.74, 6) is 0.314. The molecule has 0 saturated carbocycles. The van der Waals surface area contributed by atoms with Crippen LogP contribution in [0, 0.1) is 5.92 Å². The van der Waals surface area contributed by atoms with Crippen LogP contribution in [0.1, 0.15) is 38.4 Å². The van der Waals surface area contributed by atoms with Crippen molar-refractivity contribution in [1.82, 2.24) is 4.98 Å². The fourth-order valence-corrected chi connectivity index (χ4v) is 2.30. The van der Waals surface area contributed by atoms with Gasteiger partial charge in [-0.25, -0.2) is 4.98 Å². The minimum Gasteiger partial charge on any atom is -0.396 e. The normalized spacial score (nSPS) is 14.4. The lowest BCUT2D eigenvalue weighted by molar-refractivity contribution is 0.237. The average molecular weight is 213 g/mol. The van der Waals surface area contributed by atoms with Crippen LogP contribution in [0.4, 0.5) is 0 Å². The third kappa shape index (κ3) is 3.07. The van der Waals surface area contributed by atoms with Crippen molar-refractivity contribution in [3.8, 4) is 0 Å². The highest BCUT2D eigenvalue weighted by molar-refractivity contribution is 7.09. The molecule has 0 bridgehead atoms. The molecule has 0 aromatic carbocycles. The Balaban J connectivity index is 2.69. The molecule has 1 rings (SSSR count). The zero-order valence-electron chi connectivity index (χ0n) is 9.37. The van der Waals surface area contributed by atoms with E-state index in [2.05, 4.69) is 31.1 Å². The first kappa shape index (κ1) is 11.7. The molecule has 1 N–H and O–H groups in total. The molecular formula is C11H19NOS. The van der Waals surface area contributed by atoms with Gasteiger partial charge in [-0.3, -0.25) is 0 Å². The molecule has 0 spiro atoms. The molecule has 14 heavy (non-hydrogen) atoms. The SMILES string of the molecule is CC(CO)Cc1nc(C(C)(C)C)cs1. The van der Waals surface area contributed by atoms with Crippen LogP contribution in [0.15, 0.2) is 5.38 Å². The fraction of sp³-hybridized carbons (Fsp3) is 0.727. The van der Waals surface area contributed by atoms with E-state index in [1.807, 2.05) is 6.92 Å². The molecule has 1 aromatic heterocycles. The molecule has 3 heteroatoms. The topological polar surface area (TPSA) is 33.1 Å². The number of thiazole rings is 1. The third-order valence-corrected chi connectivity index (χ3v) is 3.03. The highest BCUT2D eigenvalue weighted by Crippen LogP contribution is 2.24.